The van der Waals surface area contributed by atoms with Crippen molar-refractivity contribution in [3.8, 4) is 0 Å². The number of carbonyl (C=O) groups excluding carboxylic acids is 1. The Labute approximate surface area is 91.8 Å². The monoisotopic (exact) mass is 214 g/mol. The van der Waals surface area contributed by atoms with Gasteiger partial charge in [0.25, 0.3) is 0 Å². The molecule has 0 aliphatic heterocycles. The number of hydrogen-bond donors (Lipinski definition) is 3. The first kappa shape index (κ1) is 14.0. The number of aliphatic hydroxyl groups excluding tert-OH is 1. The fraction of sp³-hybridized carbons (Fsp3) is 0.727. The predicted octanol–water partition coefficient (Wildman–Crippen LogP) is 1.62. The van der Waals surface area contributed by atoms with Crippen LogP contribution in [0.1, 0.15) is 33.1 Å². The van der Waals surface area contributed by atoms with Gasteiger partial charge in [-0.05, 0) is 25.2 Å². The third kappa shape index (κ3) is 10.9. The van der Waals surface area contributed by atoms with Crippen LogP contribution in [0.2, 0.25) is 0 Å². The molecule has 0 bridgehead atoms. The van der Waals surface area contributed by atoms with Crippen molar-refractivity contribution in [1.82, 2.24) is 10.6 Å². The van der Waals surface area contributed by atoms with E-state index < -0.39 is 0 Å². The van der Waals surface area contributed by atoms with Gasteiger partial charge in [0.2, 0.25) is 0 Å². The number of nitrogens with one attached hydrogen (secondary N) is 2. The minimum atomic E-state index is -0.170. The molecule has 2 amide bonds. The van der Waals surface area contributed by atoms with Crippen molar-refractivity contribution in [3.05, 3.63) is 12.3 Å². The molecule has 0 radical (unpaired) electrons. The van der Waals surface area contributed by atoms with E-state index in [9.17, 15) is 4.79 Å². The second-order valence-corrected chi connectivity index (χ2v) is 3.79. The number of amides is 2. The molecule has 0 rings (SSSR count). The molecule has 15 heavy (non-hydrogen) atoms. The Morgan fingerprint density at radius 3 is 2.67 bits per heavy atom. The van der Waals surface area contributed by atoms with Crippen molar-refractivity contribution >= 4 is 6.03 Å². The molecule has 88 valence electrons. The van der Waals surface area contributed by atoms with E-state index in [2.05, 4.69) is 10.6 Å². The molecular formula is C11H22N2O2. The van der Waals surface area contributed by atoms with Crippen molar-refractivity contribution < 1.29 is 9.90 Å². The molecule has 0 aliphatic carbocycles. The van der Waals surface area contributed by atoms with Gasteiger partial charge in [0.15, 0.2) is 0 Å². The minimum absolute atomic E-state index is 0.170. The van der Waals surface area contributed by atoms with Crippen LogP contribution in [0.3, 0.4) is 0 Å². The second kappa shape index (κ2) is 9.52. The predicted molar refractivity (Wildman–Crippen MR) is 61.4 cm³/mol. The fourth-order valence-electron chi connectivity index (χ4n) is 0.983. The number of rotatable bonds is 7. The van der Waals surface area contributed by atoms with Gasteiger partial charge in [-0.25, -0.2) is 4.79 Å². The number of urea groups is 1. The van der Waals surface area contributed by atoms with Gasteiger partial charge in [-0.2, -0.15) is 0 Å². The normalized spacial score (nSPS) is 10.9. The van der Waals surface area contributed by atoms with Crippen LogP contribution in [-0.2, 0) is 0 Å². The number of carbonyl (C=O) groups is 1. The van der Waals surface area contributed by atoms with Gasteiger partial charge in [-0.3, -0.25) is 0 Å². The summed E-state index contributed by atoms with van der Waals surface area (Å²) in [6.45, 7) is 4.97. The number of allylic oxidation sites excluding steroid dienone is 1. The lowest BCUT2D eigenvalue weighted by Gasteiger charge is -2.04. The molecule has 0 aromatic rings. The molecule has 0 atom stereocenters. The zero-order chi connectivity index (χ0) is 11.5. The van der Waals surface area contributed by atoms with Gasteiger partial charge in [0, 0.05) is 19.4 Å². The summed E-state index contributed by atoms with van der Waals surface area (Å²) in [5, 5.41) is 13.9. The SMILES string of the molecule is CC(C)/C=C/NC(=O)NCCCCCO. The molecule has 0 saturated carbocycles. The summed E-state index contributed by atoms with van der Waals surface area (Å²) < 4.78 is 0. The molecular weight excluding hydrogens is 192 g/mol. The lowest BCUT2D eigenvalue weighted by molar-refractivity contribution is 0.243. The highest BCUT2D eigenvalue weighted by Crippen LogP contribution is 1.92. The highest BCUT2D eigenvalue weighted by molar-refractivity contribution is 5.74. The maximum absolute atomic E-state index is 11.1. The summed E-state index contributed by atoms with van der Waals surface area (Å²) in [6.07, 6.45) is 6.23. The summed E-state index contributed by atoms with van der Waals surface area (Å²) in [4.78, 5) is 11.1. The number of aliphatic hydroxyl groups is 1. The third-order valence-corrected chi connectivity index (χ3v) is 1.82. The largest absolute Gasteiger partial charge is 0.396 e. The van der Waals surface area contributed by atoms with Crippen molar-refractivity contribution in [2.75, 3.05) is 13.2 Å². The van der Waals surface area contributed by atoms with Crippen LogP contribution in [-0.4, -0.2) is 24.3 Å². The van der Waals surface area contributed by atoms with Crippen molar-refractivity contribution in [1.29, 1.82) is 0 Å². The first-order valence-electron chi connectivity index (χ1n) is 5.48. The van der Waals surface area contributed by atoms with Crippen LogP contribution >= 0.6 is 0 Å². The zero-order valence-corrected chi connectivity index (χ0v) is 9.62. The summed E-state index contributed by atoms with van der Waals surface area (Å²) in [5.41, 5.74) is 0. The molecule has 0 heterocycles. The molecule has 0 unspecified atom stereocenters. The van der Waals surface area contributed by atoms with E-state index in [0.29, 0.717) is 12.5 Å². The Morgan fingerprint density at radius 1 is 1.33 bits per heavy atom. The molecule has 0 spiro atoms. The van der Waals surface area contributed by atoms with Gasteiger partial charge in [0.05, 0.1) is 0 Å². The number of hydrogen-bond acceptors (Lipinski definition) is 2. The topological polar surface area (TPSA) is 61.4 Å². The van der Waals surface area contributed by atoms with Gasteiger partial charge >= 0.3 is 6.03 Å². The fourth-order valence-corrected chi connectivity index (χ4v) is 0.983. The Kier molecular flexibility index (Phi) is 8.87. The highest BCUT2D eigenvalue weighted by atomic mass is 16.2. The van der Waals surface area contributed by atoms with Crippen LogP contribution in [0.25, 0.3) is 0 Å². The molecule has 0 aromatic carbocycles. The van der Waals surface area contributed by atoms with E-state index in [1.54, 1.807) is 6.20 Å². The van der Waals surface area contributed by atoms with Crippen molar-refractivity contribution in [2.24, 2.45) is 5.92 Å². The van der Waals surface area contributed by atoms with E-state index in [-0.39, 0.29) is 12.6 Å². The highest BCUT2D eigenvalue weighted by Gasteiger charge is 1.95. The van der Waals surface area contributed by atoms with Gasteiger partial charge < -0.3 is 15.7 Å². The molecule has 4 heteroatoms. The quantitative estimate of drug-likeness (QED) is 0.564. The number of unbranched alkanes of at least 4 members (excludes halogenated alkanes) is 2. The minimum Gasteiger partial charge on any atom is -0.396 e. The van der Waals surface area contributed by atoms with Gasteiger partial charge in [-0.15, -0.1) is 0 Å². The smallest absolute Gasteiger partial charge is 0.318 e. The Hall–Kier alpha value is -1.03. The van der Waals surface area contributed by atoms with Gasteiger partial charge in [-0.1, -0.05) is 19.9 Å². The van der Waals surface area contributed by atoms with E-state index in [4.69, 9.17) is 5.11 Å². The summed E-state index contributed by atoms with van der Waals surface area (Å²) in [5.74, 6) is 0.440. The molecule has 0 fully saturated rings. The zero-order valence-electron chi connectivity index (χ0n) is 9.62. The van der Waals surface area contributed by atoms with Crippen LogP contribution in [0.5, 0.6) is 0 Å². The molecule has 4 nitrogen and oxygen atoms in total. The van der Waals surface area contributed by atoms with Gasteiger partial charge in [0.1, 0.15) is 0 Å². The van der Waals surface area contributed by atoms with Crippen LogP contribution in [0.4, 0.5) is 4.79 Å². The van der Waals surface area contributed by atoms with E-state index in [0.717, 1.165) is 19.3 Å². The van der Waals surface area contributed by atoms with E-state index in [1.807, 2.05) is 19.9 Å². The first-order valence-corrected chi connectivity index (χ1v) is 5.48. The van der Waals surface area contributed by atoms with E-state index >= 15 is 0 Å². The first-order chi connectivity index (χ1) is 7.16. The third-order valence-electron chi connectivity index (χ3n) is 1.82. The molecule has 3 N–H and O–H groups in total. The lowest BCUT2D eigenvalue weighted by atomic mass is 10.2. The average molecular weight is 214 g/mol. The maximum Gasteiger partial charge on any atom is 0.318 e. The Morgan fingerprint density at radius 2 is 2.07 bits per heavy atom. The molecule has 0 saturated heterocycles. The standard InChI is InChI=1S/C11H22N2O2/c1-10(2)6-8-13-11(15)12-7-4-3-5-9-14/h6,8,10,14H,3-5,7,9H2,1-2H3,(H2,12,13,15)/b8-6+. The summed E-state index contributed by atoms with van der Waals surface area (Å²) >= 11 is 0. The summed E-state index contributed by atoms with van der Waals surface area (Å²) in [7, 11) is 0. The van der Waals surface area contributed by atoms with E-state index in [1.165, 1.54) is 0 Å². The molecule has 0 aromatic heterocycles. The Balaban J connectivity index is 3.33. The Bertz CT molecular complexity index is 191. The van der Waals surface area contributed by atoms with Crippen LogP contribution in [0.15, 0.2) is 12.3 Å². The van der Waals surface area contributed by atoms with Crippen LogP contribution in [0, 0.1) is 5.92 Å². The average Bonchev–Trinajstić information content (AvgIpc) is 2.17. The maximum atomic E-state index is 11.1. The summed E-state index contributed by atoms with van der Waals surface area (Å²) in [6, 6.07) is -0.170. The molecule has 0 aliphatic rings. The lowest BCUT2D eigenvalue weighted by Crippen LogP contribution is -2.32. The second-order valence-electron chi connectivity index (χ2n) is 3.79. The van der Waals surface area contributed by atoms with Crippen molar-refractivity contribution in [3.63, 3.8) is 0 Å². The van der Waals surface area contributed by atoms with Crippen molar-refractivity contribution in [2.45, 2.75) is 33.1 Å². The van der Waals surface area contributed by atoms with Crippen LogP contribution < -0.4 is 10.6 Å².